The molecule has 0 aromatic carbocycles. The molecule has 1 heterocycles. The van der Waals surface area contributed by atoms with E-state index in [-0.39, 0.29) is 5.91 Å². The van der Waals surface area contributed by atoms with Gasteiger partial charge in [0.1, 0.15) is 5.69 Å². The molecule has 0 bridgehead atoms. The fourth-order valence-corrected chi connectivity index (χ4v) is 1.69. The minimum absolute atomic E-state index is 0.253. The monoisotopic (exact) mass is 225 g/mol. The number of amides is 1. The van der Waals surface area contributed by atoms with Crippen LogP contribution < -0.4 is 11.3 Å². The molecule has 0 saturated heterocycles. The van der Waals surface area contributed by atoms with E-state index in [9.17, 15) is 4.79 Å². The fourth-order valence-electron chi connectivity index (χ4n) is 1.69. The Labute approximate surface area is 95.5 Å². The number of aromatic nitrogens is 1. The molecule has 0 saturated carbocycles. The van der Waals surface area contributed by atoms with Gasteiger partial charge in [-0.15, -0.1) is 0 Å². The van der Waals surface area contributed by atoms with E-state index in [1.165, 1.54) is 0 Å². The van der Waals surface area contributed by atoms with E-state index in [1.807, 2.05) is 10.6 Å². The third-order valence-electron chi connectivity index (χ3n) is 2.44. The van der Waals surface area contributed by atoms with Gasteiger partial charge in [0.2, 0.25) is 0 Å². The second-order valence-electron chi connectivity index (χ2n) is 3.58. The van der Waals surface area contributed by atoms with Crippen LogP contribution in [0.4, 0.5) is 0 Å². The molecule has 1 rings (SSSR count). The summed E-state index contributed by atoms with van der Waals surface area (Å²) < 4.78 is 7.02. The highest BCUT2D eigenvalue weighted by Crippen LogP contribution is 2.11. The summed E-state index contributed by atoms with van der Waals surface area (Å²) in [6, 6.07) is 3.74. The van der Waals surface area contributed by atoms with Crippen molar-refractivity contribution in [2.45, 2.75) is 26.3 Å². The third kappa shape index (κ3) is 2.84. The van der Waals surface area contributed by atoms with Crippen LogP contribution in [0, 0.1) is 0 Å². The summed E-state index contributed by atoms with van der Waals surface area (Å²) >= 11 is 0. The van der Waals surface area contributed by atoms with Crippen molar-refractivity contribution in [1.82, 2.24) is 9.99 Å². The van der Waals surface area contributed by atoms with Crippen LogP contribution in [-0.4, -0.2) is 24.2 Å². The summed E-state index contributed by atoms with van der Waals surface area (Å²) in [6.07, 6.45) is 1.77. The normalized spacial score (nSPS) is 10.4. The molecule has 1 aromatic heterocycles. The van der Waals surface area contributed by atoms with Crippen molar-refractivity contribution in [3.63, 3.8) is 0 Å². The van der Waals surface area contributed by atoms with E-state index in [0.717, 1.165) is 25.1 Å². The summed E-state index contributed by atoms with van der Waals surface area (Å²) in [6.45, 7) is 3.54. The van der Waals surface area contributed by atoms with Gasteiger partial charge in [0.15, 0.2) is 0 Å². The van der Waals surface area contributed by atoms with Gasteiger partial charge in [-0.25, -0.2) is 5.84 Å². The molecule has 0 spiro atoms. The summed E-state index contributed by atoms with van der Waals surface area (Å²) in [5.41, 5.74) is 3.86. The van der Waals surface area contributed by atoms with Crippen LogP contribution in [0.25, 0.3) is 0 Å². The lowest BCUT2D eigenvalue weighted by atomic mass is 10.3. The molecule has 0 unspecified atom stereocenters. The standard InChI is InChI=1S/C11H19N3O2/c1-3-7-14-9(6-8-16-2)4-5-10(14)11(15)13-12/h4-5H,3,6-8,12H2,1-2H3,(H,13,15). The number of ether oxygens (including phenoxy) is 1. The molecule has 3 N–H and O–H groups in total. The van der Waals surface area contributed by atoms with Crippen molar-refractivity contribution in [2.24, 2.45) is 5.84 Å². The van der Waals surface area contributed by atoms with Crippen LogP contribution in [0.1, 0.15) is 29.5 Å². The number of nitrogens with one attached hydrogen (secondary N) is 1. The van der Waals surface area contributed by atoms with Crippen molar-refractivity contribution in [3.8, 4) is 0 Å². The van der Waals surface area contributed by atoms with Crippen LogP contribution in [0.5, 0.6) is 0 Å². The molecule has 0 aliphatic heterocycles. The Hall–Kier alpha value is -1.33. The predicted octanol–water partition coefficient (Wildman–Crippen LogP) is 0.691. The minimum atomic E-state index is -0.253. The zero-order valence-corrected chi connectivity index (χ0v) is 9.82. The van der Waals surface area contributed by atoms with Crippen LogP contribution in [0.2, 0.25) is 0 Å². The number of methoxy groups -OCH3 is 1. The number of rotatable bonds is 6. The van der Waals surface area contributed by atoms with Crippen LogP contribution in [-0.2, 0) is 17.7 Å². The smallest absolute Gasteiger partial charge is 0.281 e. The Morgan fingerprint density at radius 2 is 2.31 bits per heavy atom. The highest BCUT2D eigenvalue weighted by Gasteiger charge is 2.12. The lowest BCUT2D eigenvalue weighted by molar-refractivity contribution is 0.0943. The van der Waals surface area contributed by atoms with Gasteiger partial charge in [-0.05, 0) is 18.6 Å². The molecule has 0 fully saturated rings. The average molecular weight is 225 g/mol. The molecule has 5 nitrogen and oxygen atoms in total. The highest BCUT2D eigenvalue weighted by molar-refractivity contribution is 5.92. The van der Waals surface area contributed by atoms with Crippen molar-refractivity contribution >= 4 is 5.91 Å². The summed E-state index contributed by atoms with van der Waals surface area (Å²) in [4.78, 5) is 11.5. The number of nitrogen functional groups attached to an aromatic ring is 1. The number of hydrazine groups is 1. The third-order valence-corrected chi connectivity index (χ3v) is 2.44. The molecule has 0 radical (unpaired) electrons. The molecule has 1 aromatic rings. The van der Waals surface area contributed by atoms with Crippen molar-refractivity contribution in [2.75, 3.05) is 13.7 Å². The maximum atomic E-state index is 11.5. The predicted molar refractivity (Wildman–Crippen MR) is 62.0 cm³/mol. The first-order valence-electron chi connectivity index (χ1n) is 5.42. The Kier molecular flexibility index (Phi) is 5.01. The number of hydrogen-bond acceptors (Lipinski definition) is 3. The molecule has 0 aliphatic rings. The Morgan fingerprint density at radius 3 is 2.88 bits per heavy atom. The lowest BCUT2D eigenvalue weighted by Crippen LogP contribution is -2.32. The van der Waals surface area contributed by atoms with Gasteiger partial charge in [0.25, 0.3) is 5.91 Å². The fraction of sp³-hybridized carbons (Fsp3) is 0.545. The number of carbonyl (C=O) groups excluding carboxylic acids is 1. The van der Waals surface area contributed by atoms with Gasteiger partial charge in [-0.2, -0.15) is 0 Å². The second-order valence-corrected chi connectivity index (χ2v) is 3.58. The van der Waals surface area contributed by atoms with Crippen LogP contribution in [0.15, 0.2) is 12.1 Å². The largest absolute Gasteiger partial charge is 0.384 e. The average Bonchev–Trinajstić information content (AvgIpc) is 2.69. The number of carbonyl (C=O) groups is 1. The molecule has 16 heavy (non-hydrogen) atoms. The maximum absolute atomic E-state index is 11.5. The minimum Gasteiger partial charge on any atom is -0.384 e. The van der Waals surface area contributed by atoms with E-state index < -0.39 is 0 Å². The Morgan fingerprint density at radius 1 is 1.56 bits per heavy atom. The van der Waals surface area contributed by atoms with Crippen molar-refractivity contribution in [3.05, 3.63) is 23.5 Å². The quantitative estimate of drug-likeness (QED) is 0.425. The molecular formula is C11H19N3O2. The lowest BCUT2D eigenvalue weighted by Gasteiger charge is -2.11. The Balaban J connectivity index is 2.92. The van der Waals surface area contributed by atoms with E-state index >= 15 is 0 Å². The molecule has 0 atom stereocenters. The summed E-state index contributed by atoms with van der Waals surface area (Å²) in [5, 5.41) is 0. The van der Waals surface area contributed by atoms with E-state index in [1.54, 1.807) is 13.2 Å². The zero-order chi connectivity index (χ0) is 12.0. The summed E-state index contributed by atoms with van der Waals surface area (Å²) in [5.74, 6) is 4.89. The summed E-state index contributed by atoms with van der Waals surface area (Å²) in [7, 11) is 1.67. The van der Waals surface area contributed by atoms with E-state index in [2.05, 4.69) is 12.3 Å². The van der Waals surface area contributed by atoms with Gasteiger partial charge < -0.3 is 9.30 Å². The van der Waals surface area contributed by atoms with Gasteiger partial charge in [-0.3, -0.25) is 10.2 Å². The van der Waals surface area contributed by atoms with Gasteiger partial charge in [0.05, 0.1) is 6.61 Å². The van der Waals surface area contributed by atoms with Crippen molar-refractivity contribution < 1.29 is 9.53 Å². The van der Waals surface area contributed by atoms with Crippen molar-refractivity contribution in [1.29, 1.82) is 0 Å². The first-order chi connectivity index (χ1) is 7.74. The van der Waals surface area contributed by atoms with Gasteiger partial charge >= 0.3 is 0 Å². The molecule has 90 valence electrons. The topological polar surface area (TPSA) is 69.3 Å². The van der Waals surface area contributed by atoms with E-state index in [0.29, 0.717) is 12.3 Å². The number of hydrogen-bond donors (Lipinski definition) is 2. The first-order valence-corrected chi connectivity index (χ1v) is 5.42. The molecule has 0 aliphatic carbocycles. The molecule has 1 amide bonds. The van der Waals surface area contributed by atoms with Crippen LogP contribution in [0.3, 0.4) is 0 Å². The highest BCUT2D eigenvalue weighted by atomic mass is 16.5. The first kappa shape index (κ1) is 12.7. The number of nitrogens with zero attached hydrogens (tertiary/aromatic N) is 1. The maximum Gasteiger partial charge on any atom is 0.281 e. The van der Waals surface area contributed by atoms with E-state index in [4.69, 9.17) is 10.6 Å². The SMILES string of the molecule is CCCn1c(CCOC)ccc1C(=O)NN. The van der Waals surface area contributed by atoms with Crippen LogP contribution >= 0.6 is 0 Å². The Bertz CT molecular complexity index is 347. The van der Waals surface area contributed by atoms with Gasteiger partial charge in [-0.1, -0.05) is 6.92 Å². The number of nitrogens with two attached hydrogens (primary N) is 1. The second kappa shape index (κ2) is 6.30. The molecule has 5 heteroatoms. The molecular weight excluding hydrogens is 206 g/mol. The van der Waals surface area contributed by atoms with Gasteiger partial charge in [0, 0.05) is 25.8 Å². The zero-order valence-electron chi connectivity index (χ0n) is 9.82.